The first-order chi connectivity index (χ1) is 8.08. The third-order valence-corrected chi connectivity index (χ3v) is 2.50. The number of nitrogens with one attached hydrogen (secondary N) is 2. The minimum Gasteiger partial charge on any atom is -0.393 e. The maximum absolute atomic E-state index is 9.20. The number of aromatic nitrogens is 2. The molecule has 96 valence electrons. The molecule has 1 rings (SSSR count). The van der Waals surface area contributed by atoms with Crippen LogP contribution in [0.25, 0.3) is 0 Å². The number of rotatable bonds is 6. The van der Waals surface area contributed by atoms with Gasteiger partial charge in [0.2, 0.25) is 0 Å². The molecule has 6 heteroatoms. The number of aryl methyl sites for hydroxylation is 1. The quantitative estimate of drug-likeness (QED) is 0.433. The van der Waals surface area contributed by atoms with Crippen LogP contribution in [-0.2, 0) is 6.42 Å². The molecule has 0 aliphatic rings. The molecule has 0 fully saturated rings. The molecule has 0 spiro atoms. The normalized spacial score (nSPS) is 12.3. The minimum atomic E-state index is -0.317. The summed E-state index contributed by atoms with van der Waals surface area (Å²) >= 11 is 0. The van der Waals surface area contributed by atoms with Gasteiger partial charge in [-0.05, 0) is 20.3 Å². The van der Waals surface area contributed by atoms with Gasteiger partial charge in [-0.15, -0.1) is 0 Å². The van der Waals surface area contributed by atoms with Crippen molar-refractivity contribution < 1.29 is 5.11 Å². The van der Waals surface area contributed by atoms with E-state index >= 15 is 0 Å². The van der Waals surface area contributed by atoms with Crippen LogP contribution < -0.4 is 16.6 Å². The Morgan fingerprint density at radius 3 is 2.53 bits per heavy atom. The SMILES string of the molecule is CCc1nc(NN)c(C)c(NCCC(C)O)n1. The summed E-state index contributed by atoms with van der Waals surface area (Å²) in [5, 5.41) is 12.4. The van der Waals surface area contributed by atoms with E-state index in [1.165, 1.54) is 0 Å². The highest BCUT2D eigenvalue weighted by molar-refractivity contribution is 5.56. The molecule has 6 nitrogen and oxygen atoms in total. The van der Waals surface area contributed by atoms with E-state index in [1.54, 1.807) is 6.92 Å². The van der Waals surface area contributed by atoms with Gasteiger partial charge in [0.05, 0.1) is 6.10 Å². The Kier molecular flexibility index (Phi) is 5.11. The van der Waals surface area contributed by atoms with Crippen LogP contribution in [0.3, 0.4) is 0 Å². The standard InChI is InChI=1S/C11H21N5O/c1-4-9-14-10(13-6-5-7(2)17)8(3)11(15-9)16-12/h7,17H,4-6,12H2,1-3H3,(H2,13,14,15,16). The summed E-state index contributed by atoms with van der Waals surface area (Å²) in [5.41, 5.74) is 3.45. The molecule has 1 unspecified atom stereocenters. The molecule has 17 heavy (non-hydrogen) atoms. The van der Waals surface area contributed by atoms with Crippen LogP contribution in [-0.4, -0.2) is 27.7 Å². The average Bonchev–Trinajstić information content (AvgIpc) is 2.31. The second-order valence-corrected chi connectivity index (χ2v) is 4.02. The number of hydrazine groups is 1. The summed E-state index contributed by atoms with van der Waals surface area (Å²) in [6, 6.07) is 0. The molecule has 1 atom stereocenters. The number of nitrogens with two attached hydrogens (primary N) is 1. The molecule has 0 bridgehead atoms. The fourth-order valence-corrected chi connectivity index (χ4v) is 1.43. The van der Waals surface area contributed by atoms with Crippen molar-refractivity contribution in [3.63, 3.8) is 0 Å². The number of nitrogen functional groups attached to an aromatic ring is 1. The summed E-state index contributed by atoms with van der Waals surface area (Å²) in [6.45, 7) is 6.32. The number of anilines is 2. The van der Waals surface area contributed by atoms with Gasteiger partial charge in [-0.25, -0.2) is 15.8 Å². The molecular weight excluding hydrogens is 218 g/mol. The van der Waals surface area contributed by atoms with Crippen LogP contribution in [0.2, 0.25) is 0 Å². The first-order valence-electron chi connectivity index (χ1n) is 5.84. The molecule has 0 aliphatic heterocycles. The van der Waals surface area contributed by atoms with E-state index in [2.05, 4.69) is 20.7 Å². The van der Waals surface area contributed by atoms with E-state index < -0.39 is 0 Å². The summed E-state index contributed by atoms with van der Waals surface area (Å²) in [6.07, 6.45) is 1.11. The van der Waals surface area contributed by atoms with Crippen molar-refractivity contribution in [1.82, 2.24) is 9.97 Å². The van der Waals surface area contributed by atoms with Crippen molar-refractivity contribution >= 4 is 11.6 Å². The lowest BCUT2D eigenvalue weighted by atomic mass is 10.2. The molecule has 0 saturated heterocycles. The van der Waals surface area contributed by atoms with Crippen LogP contribution >= 0.6 is 0 Å². The Hall–Kier alpha value is -1.40. The smallest absolute Gasteiger partial charge is 0.148 e. The first-order valence-corrected chi connectivity index (χ1v) is 5.84. The molecular formula is C11H21N5O. The highest BCUT2D eigenvalue weighted by atomic mass is 16.3. The van der Waals surface area contributed by atoms with E-state index in [4.69, 9.17) is 5.84 Å². The molecule has 0 radical (unpaired) electrons. The molecule has 1 heterocycles. The van der Waals surface area contributed by atoms with Gasteiger partial charge in [0.25, 0.3) is 0 Å². The van der Waals surface area contributed by atoms with Crippen molar-refractivity contribution in [1.29, 1.82) is 0 Å². The van der Waals surface area contributed by atoms with Crippen molar-refractivity contribution in [2.24, 2.45) is 5.84 Å². The second kappa shape index (κ2) is 6.36. The molecule has 0 saturated carbocycles. The molecule has 1 aromatic heterocycles. The Labute approximate surface area is 102 Å². The highest BCUT2D eigenvalue weighted by Gasteiger charge is 2.09. The van der Waals surface area contributed by atoms with E-state index in [9.17, 15) is 5.11 Å². The zero-order chi connectivity index (χ0) is 12.8. The Morgan fingerprint density at radius 2 is 2.00 bits per heavy atom. The van der Waals surface area contributed by atoms with E-state index in [0.29, 0.717) is 18.8 Å². The summed E-state index contributed by atoms with van der Waals surface area (Å²) in [4.78, 5) is 8.67. The fraction of sp³-hybridized carbons (Fsp3) is 0.636. The van der Waals surface area contributed by atoms with Crippen molar-refractivity contribution in [3.8, 4) is 0 Å². The van der Waals surface area contributed by atoms with Gasteiger partial charge in [0.15, 0.2) is 0 Å². The first kappa shape index (κ1) is 13.7. The molecule has 0 aliphatic carbocycles. The van der Waals surface area contributed by atoms with Crippen LogP contribution in [0, 0.1) is 6.92 Å². The topological polar surface area (TPSA) is 96.1 Å². The maximum atomic E-state index is 9.20. The zero-order valence-electron chi connectivity index (χ0n) is 10.6. The average molecular weight is 239 g/mol. The van der Waals surface area contributed by atoms with Crippen molar-refractivity contribution in [2.45, 2.75) is 39.7 Å². The van der Waals surface area contributed by atoms with Gasteiger partial charge in [0.1, 0.15) is 17.5 Å². The maximum Gasteiger partial charge on any atom is 0.148 e. The predicted octanol–water partition coefficient (Wildman–Crippen LogP) is 0.816. The second-order valence-electron chi connectivity index (χ2n) is 4.02. The Balaban J connectivity index is 2.82. The molecule has 0 amide bonds. The lowest BCUT2D eigenvalue weighted by Crippen LogP contribution is -2.16. The van der Waals surface area contributed by atoms with Crippen LogP contribution in [0.1, 0.15) is 31.7 Å². The van der Waals surface area contributed by atoms with Crippen LogP contribution in [0.5, 0.6) is 0 Å². The van der Waals surface area contributed by atoms with Crippen LogP contribution in [0.4, 0.5) is 11.6 Å². The van der Waals surface area contributed by atoms with Gasteiger partial charge >= 0.3 is 0 Å². The molecule has 1 aromatic rings. The highest BCUT2D eigenvalue weighted by Crippen LogP contribution is 2.19. The summed E-state index contributed by atoms with van der Waals surface area (Å²) in [7, 11) is 0. The van der Waals surface area contributed by atoms with Crippen LogP contribution in [0.15, 0.2) is 0 Å². The number of nitrogens with zero attached hydrogens (tertiary/aromatic N) is 2. The lowest BCUT2D eigenvalue weighted by Gasteiger charge is -2.13. The van der Waals surface area contributed by atoms with Gasteiger partial charge in [-0.1, -0.05) is 6.92 Å². The van der Waals surface area contributed by atoms with Crippen molar-refractivity contribution in [3.05, 3.63) is 11.4 Å². The minimum absolute atomic E-state index is 0.317. The third kappa shape index (κ3) is 3.83. The van der Waals surface area contributed by atoms with E-state index in [-0.39, 0.29) is 6.10 Å². The fourth-order valence-electron chi connectivity index (χ4n) is 1.43. The van der Waals surface area contributed by atoms with Gasteiger partial charge in [-0.3, -0.25) is 0 Å². The van der Waals surface area contributed by atoms with E-state index in [0.717, 1.165) is 23.6 Å². The number of hydrogen-bond acceptors (Lipinski definition) is 6. The summed E-state index contributed by atoms with van der Waals surface area (Å²) < 4.78 is 0. The molecule has 0 aromatic carbocycles. The van der Waals surface area contributed by atoms with Crippen molar-refractivity contribution in [2.75, 3.05) is 17.3 Å². The number of aliphatic hydroxyl groups excluding tert-OH is 1. The Bertz CT molecular complexity index is 367. The number of aliphatic hydroxyl groups is 1. The lowest BCUT2D eigenvalue weighted by molar-refractivity contribution is 0.188. The van der Waals surface area contributed by atoms with Gasteiger partial charge in [0, 0.05) is 18.5 Å². The van der Waals surface area contributed by atoms with Gasteiger partial charge < -0.3 is 15.8 Å². The number of hydrogen-bond donors (Lipinski definition) is 4. The van der Waals surface area contributed by atoms with Gasteiger partial charge in [-0.2, -0.15) is 0 Å². The molecule has 5 N–H and O–H groups in total. The zero-order valence-corrected chi connectivity index (χ0v) is 10.6. The predicted molar refractivity (Wildman–Crippen MR) is 68.7 cm³/mol. The third-order valence-electron chi connectivity index (χ3n) is 2.50. The Morgan fingerprint density at radius 1 is 1.35 bits per heavy atom. The van der Waals surface area contributed by atoms with E-state index in [1.807, 2.05) is 13.8 Å². The largest absolute Gasteiger partial charge is 0.393 e. The summed E-state index contributed by atoms with van der Waals surface area (Å²) in [5.74, 6) is 7.56. The monoisotopic (exact) mass is 239 g/mol.